The molecule has 2 aromatic rings. The minimum absolute atomic E-state index is 0.0731. The van der Waals surface area contributed by atoms with Crippen molar-refractivity contribution in [2.45, 2.75) is 4.34 Å². The zero-order valence-electron chi connectivity index (χ0n) is 13.5. The van der Waals surface area contributed by atoms with Crippen LogP contribution in [0.15, 0.2) is 28.6 Å². The number of amides is 2. The molecule has 10 heteroatoms. The van der Waals surface area contributed by atoms with E-state index in [4.69, 9.17) is 10.5 Å². The fourth-order valence-electron chi connectivity index (χ4n) is 2.41. The summed E-state index contributed by atoms with van der Waals surface area (Å²) in [6.07, 6.45) is 0. The number of aromatic nitrogens is 2. The number of hydrogen-bond acceptors (Lipinski definition) is 8. The van der Waals surface area contributed by atoms with Gasteiger partial charge in [0.25, 0.3) is 0 Å². The normalized spacial score (nSPS) is 14.7. The smallest absolute Gasteiger partial charge is 0.246 e. The van der Waals surface area contributed by atoms with Crippen LogP contribution in [0.2, 0.25) is 0 Å². The van der Waals surface area contributed by atoms with Gasteiger partial charge < -0.3 is 20.3 Å². The van der Waals surface area contributed by atoms with Crippen molar-refractivity contribution in [2.24, 2.45) is 0 Å². The average Bonchev–Trinajstić information content (AvgIpc) is 3.05. The van der Waals surface area contributed by atoms with Gasteiger partial charge in [0.1, 0.15) is 12.3 Å². The summed E-state index contributed by atoms with van der Waals surface area (Å²) >= 11 is 2.52. The summed E-state index contributed by atoms with van der Waals surface area (Å²) in [5.74, 6) is 0.751. The van der Waals surface area contributed by atoms with Crippen molar-refractivity contribution in [3.05, 3.63) is 24.3 Å². The molecule has 2 amide bonds. The largest absolute Gasteiger partial charge is 0.497 e. The predicted octanol–water partition coefficient (Wildman–Crippen LogP) is 1.10. The minimum atomic E-state index is -0.102. The Hall–Kier alpha value is -2.33. The van der Waals surface area contributed by atoms with E-state index < -0.39 is 0 Å². The highest BCUT2D eigenvalue weighted by Gasteiger charge is 2.28. The van der Waals surface area contributed by atoms with Crippen molar-refractivity contribution < 1.29 is 14.3 Å². The Morgan fingerprint density at radius 3 is 2.68 bits per heavy atom. The molecule has 8 nitrogen and oxygen atoms in total. The molecule has 0 saturated carbocycles. The van der Waals surface area contributed by atoms with Gasteiger partial charge in [0, 0.05) is 18.8 Å². The second kappa shape index (κ2) is 7.70. The maximum atomic E-state index is 12.4. The number of carbonyl (C=O) groups excluding carboxylic acids is 2. The highest BCUT2D eigenvalue weighted by molar-refractivity contribution is 8.01. The number of hydrogen-bond donors (Lipinski definition) is 1. The molecule has 132 valence electrons. The molecule has 1 aliphatic heterocycles. The quantitative estimate of drug-likeness (QED) is 0.776. The van der Waals surface area contributed by atoms with E-state index in [-0.39, 0.29) is 24.1 Å². The Labute approximate surface area is 153 Å². The van der Waals surface area contributed by atoms with Gasteiger partial charge in [-0.15, -0.1) is 10.2 Å². The molecule has 0 bridgehead atoms. The molecule has 1 aliphatic rings. The lowest BCUT2D eigenvalue weighted by atomic mass is 10.2. The summed E-state index contributed by atoms with van der Waals surface area (Å²) in [5.41, 5.74) is 6.32. The first kappa shape index (κ1) is 17.5. The van der Waals surface area contributed by atoms with E-state index in [9.17, 15) is 9.59 Å². The Balaban J connectivity index is 1.55. The first-order chi connectivity index (χ1) is 12.1. The first-order valence-electron chi connectivity index (χ1n) is 7.51. The highest BCUT2D eigenvalue weighted by atomic mass is 32.2. The van der Waals surface area contributed by atoms with Crippen LogP contribution in [0.3, 0.4) is 0 Å². The third-order valence-corrected chi connectivity index (χ3v) is 5.57. The number of nitrogens with two attached hydrogens (primary N) is 1. The van der Waals surface area contributed by atoms with Crippen LogP contribution in [-0.2, 0) is 9.59 Å². The third kappa shape index (κ3) is 4.20. The topological polar surface area (TPSA) is 102 Å². The summed E-state index contributed by atoms with van der Waals surface area (Å²) in [4.78, 5) is 27.9. The Morgan fingerprint density at radius 1 is 1.32 bits per heavy atom. The highest BCUT2D eigenvalue weighted by Crippen LogP contribution is 2.25. The fraction of sp³-hybridized carbons (Fsp3) is 0.333. The molecule has 1 saturated heterocycles. The number of carbonyl (C=O) groups is 2. The van der Waals surface area contributed by atoms with Crippen molar-refractivity contribution in [3.8, 4) is 5.75 Å². The molecule has 0 radical (unpaired) electrons. The summed E-state index contributed by atoms with van der Waals surface area (Å²) in [6.45, 7) is 1.03. The van der Waals surface area contributed by atoms with Gasteiger partial charge in [-0.2, -0.15) is 0 Å². The van der Waals surface area contributed by atoms with Gasteiger partial charge in [0.05, 0.1) is 12.9 Å². The van der Waals surface area contributed by atoms with Gasteiger partial charge in [0.2, 0.25) is 16.9 Å². The van der Waals surface area contributed by atoms with E-state index in [0.29, 0.717) is 22.6 Å². The summed E-state index contributed by atoms with van der Waals surface area (Å²) in [5, 5.41) is 7.94. The molecule has 0 atom stereocenters. The van der Waals surface area contributed by atoms with E-state index in [2.05, 4.69) is 10.2 Å². The lowest BCUT2D eigenvalue weighted by molar-refractivity contribution is -0.134. The number of methoxy groups -OCH3 is 1. The molecular formula is C15H17N5O3S2. The van der Waals surface area contributed by atoms with Crippen molar-refractivity contribution in [1.82, 2.24) is 15.1 Å². The molecule has 2 N–H and O–H groups in total. The van der Waals surface area contributed by atoms with E-state index in [1.54, 1.807) is 16.9 Å². The molecule has 3 rings (SSSR count). The van der Waals surface area contributed by atoms with E-state index >= 15 is 0 Å². The predicted molar refractivity (Wildman–Crippen MR) is 97.0 cm³/mol. The standard InChI is InChI=1S/C15H17N5O3S2/c1-23-11-4-2-10(3-5-11)20-7-6-19(8-12(20)21)13(22)9-24-15-18-17-14(16)25-15/h2-5H,6-9H2,1H3,(H2,16,17). The Morgan fingerprint density at radius 2 is 2.08 bits per heavy atom. The minimum Gasteiger partial charge on any atom is -0.497 e. The molecular weight excluding hydrogens is 362 g/mol. The number of nitrogen functional groups attached to an aromatic ring is 1. The fourth-order valence-corrected chi connectivity index (χ4v) is 3.95. The molecule has 2 heterocycles. The Kier molecular flexibility index (Phi) is 5.39. The van der Waals surface area contributed by atoms with Crippen molar-refractivity contribution in [2.75, 3.05) is 43.1 Å². The van der Waals surface area contributed by atoms with Crippen molar-refractivity contribution in [3.63, 3.8) is 0 Å². The number of anilines is 2. The zero-order chi connectivity index (χ0) is 17.8. The number of ether oxygens (including phenoxy) is 1. The third-order valence-electron chi connectivity index (χ3n) is 3.70. The monoisotopic (exact) mass is 379 g/mol. The second-order valence-electron chi connectivity index (χ2n) is 5.25. The van der Waals surface area contributed by atoms with Crippen LogP contribution in [-0.4, -0.2) is 59.4 Å². The van der Waals surface area contributed by atoms with Crippen LogP contribution >= 0.6 is 23.1 Å². The summed E-state index contributed by atoms with van der Waals surface area (Å²) in [6, 6.07) is 7.29. The molecule has 25 heavy (non-hydrogen) atoms. The first-order valence-corrected chi connectivity index (χ1v) is 9.31. The van der Waals surface area contributed by atoms with Crippen molar-refractivity contribution in [1.29, 1.82) is 0 Å². The average molecular weight is 379 g/mol. The number of benzene rings is 1. The molecule has 0 unspecified atom stereocenters. The van der Waals surface area contributed by atoms with Gasteiger partial charge in [-0.05, 0) is 24.3 Å². The second-order valence-corrected chi connectivity index (χ2v) is 7.49. The van der Waals surface area contributed by atoms with Crippen LogP contribution in [0.1, 0.15) is 0 Å². The van der Waals surface area contributed by atoms with E-state index in [1.807, 2.05) is 24.3 Å². The van der Waals surface area contributed by atoms with Crippen LogP contribution < -0.4 is 15.4 Å². The molecule has 1 aromatic carbocycles. The summed E-state index contributed by atoms with van der Waals surface area (Å²) < 4.78 is 5.77. The molecule has 1 aromatic heterocycles. The Bertz CT molecular complexity index is 765. The van der Waals surface area contributed by atoms with Crippen LogP contribution in [0.25, 0.3) is 0 Å². The van der Waals surface area contributed by atoms with Gasteiger partial charge >= 0.3 is 0 Å². The number of rotatable bonds is 5. The van der Waals surface area contributed by atoms with Crippen LogP contribution in [0, 0.1) is 0 Å². The van der Waals surface area contributed by atoms with Gasteiger partial charge in [-0.1, -0.05) is 23.1 Å². The van der Waals surface area contributed by atoms with Gasteiger partial charge in [-0.25, -0.2) is 0 Å². The number of thioether (sulfide) groups is 1. The van der Waals surface area contributed by atoms with Crippen molar-refractivity contribution >= 4 is 45.7 Å². The van der Waals surface area contributed by atoms with Gasteiger partial charge in [-0.3, -0.25) is 9.59 Å². The lowest BCUT2D eigenvalue weighted by Gasteiger charge is -2.34. The summed E-state index contributed by atoms with van der Waals surface area (Å²) in [7, 11) is 1.60. The van der Waals surface area contributed by atoms with Gasteiger partial charge in [0.15, 0.2) is 4.34 Å². The van der Waals surface area contributed by atoms with Crippen LogP contribution in [0.4, 0.5) is 10.8 Å². The number of piperazine rings is 1. The lowest BCUT2D eigenvalue weighted by Crippen LogP contribution is -2.52. The zero-order valence-corrected chi connectivity index (χ0v) is 15.2. The maximum absolute atomic E-state index is 12.4. The van der Waals surface area contributed by atoms with E-state index in [1.165, 1.54) is 23.1 Å². The van der Waals surface area contributed by atoms with Crippen LogP contribution in [0.5, 0.6) is 5.75 Å². The molecule has 0 aliphatic carbocycles. The van der Waals surface area contributed by atoms with E-state index in [0.717, 1.165) is 11.4 Å². The molecule has 1 fully saturated rings. The molecule has 0 spiro atoms. The number of nitrogens with zero attached hydrogens (tertiary/aromatic N) is 4. The maximum Gasteiger partial charge on any atom is 0.246 e. The SMILES string of the molecule is COc1ccc(N2CCN(C(=O)CSc3nnc(N)s3)CC2=O)cc1.